The molecule has 6 heteroatoms. The van der Waals surface area contributed by atoms with Gasteiger partial charge in [0.05, 0.1) is 30.7 Å². The molecule has 1 unspecified atom stereocenters. The number of nitrogens with one attached hydrogen (secondary N) is 1. The lowest BCUT2D eigenvalue weighted by atomic mass is 10.2. The van der Waals surface area contributed by atoms with E-state index in [1.165, 1.54) is 19.4 Å². The van der Waals surface area contributed by atoms with Crippen LogP contribution in [0, 0.1) is 0 Å². The number of carbonyl (C=O) groups is 1. The molecule has 2 aromatic rings. The summed E-state index contributed by atoms with van der Waals surface area (Å²) >= 11 is 0. The van der Waals surface area contributed by atoms with E-state index in [1.54, 1.807) is 6.20 Å². The number of ether oxygens (including phenoxy) is 1. The molecule has 0 aliphatic rings. The molecule has 1 atom stereocenters. The lowest BCUT2D eigenvalue weighted by Crippen LogP contribution is -2.14. The minimum atomic E-state index is -0.486. The summed E-state index contributed by atoms with van der Waals surface area (Å²) in [7, 11) is 1.32. The maximum atomic E-state index is 11.7. The molecule has 0 aromatic carbocycles. The third-order valence-electron chi connectivity index (χ3n) is 2.80. The molecule has 20 heavy (non-hydrogen) atoms. The monoisotopic (exact) mass is 272 g/mol. The van der Waals surface area contributed by atoms with E-state index in [4.69, 9.17) is 10.5 Å². The first-order chi connectivity index (χ1) is 9.61. The maximum absolute atomic E-state index is 11.7. The third-order valence-corrected chi connectivity index (χ3v) is 2.80. The Morgan fingerprint density at radius 3 is 2.85 bits per heavy atom. The minimum Gasteiger partial charge on any atom is -0.465 e. The summed E-state index contributed by atoms with van der Waals surface area (Å²) in [5, 5.41) is 3.14. The molecule has 0 aliphatic heterocycles. The molecule has 2 aromatic heterocycles. The van der Waals surface area contributed by atoms with Gasteiger partial charge in [-0.15, -0.1) is 0 Å². The number of hydrogen-bond donors (Lipinski definition) is 2. The van der Waals surface area contributed by atoms with Gasteiger partial charge in [0.2, 0.25) is 0 Å². The molecule has 0 bridgehead atoms. The van der Waals surface area contributed by atoms with Crippen LogP contribution in [0.3, 0.4) is 0 Å². The van der Waals surface area contributed by atoms with Gasteiger partial charge in [-0.2, -0.15) is 0 Å². The smallest absolute Gasteiger partial charge is 0.341 e. The van der Waals surface area contributed by atoms with E-state index < -0.39 is 5.97 Å². The van der Waals surface area contributed by atoms with Gasteiger partial charge in [-0.3, -0.25) is 4.98 Å². The van der Waals surface area contributed by atoms with Crippen molar-refractivity contribution >= 4 is 17.5 Å². The number of esters is 1. The fourth-order valence-corrected chi connectivity index (χ4v) is 1.77. The molecule has 6 nitrogen and oxygen atoms in total. The minimum absolute atomic E-state index is 0.101. The van der Waals surface area contributed by atoms with Crippen molar-refractivity contribution in [3.63, 3.8) is 0 Å². The highest BCUT2D eigenvalue weighted by Gasteiger charge is 2.16. The van der Waals surface area contributed by atoms with Crippen molar-refractivity contribution in [2.75, 3.05) is 18.2 Å². The number of nitrogens with zero attached hydrogens (tertiary/aromatic N) is 2. The average Bonchev–Trinajstić information content (AvgIpc) is 2.49. The van der Waals surface area contributed by atoms with Gasteiger partial charge in [-0.25, -0.2) is 9.78 Å². The number of hydrogen-bond acceptors (Lipinski definition) is 6. The molecular weight excluding hydrogens is 256 g/mol. The fourth-order valence-electron chi connectivity index (χ4n) is 1.77. The number of methoxy groups -OCH3 is 1. The first-order valence-corrected chi connectivity index (χ1v) is 6.13. The summed E-state index contributed by atoms with van der Waals surface area (Å²) in [6, 6.07) is 7.07. The highest BCUT2D eigenvalue weighted by atomic mass is 16.5. The summed E-state index contributed by atoms with van der Waals surface area (Å²) in [5.74, 6) is -0.0651. The number of aromatic nitrogens is 2. The van der Waals surface area contributed by atoms with Crippen molar-refractivity contribution in [1.29, 1.82) is 0 Å². The fraction of sp³-hybridized carbons (Fsp3) is 0.214. The van der Waals surface area contributed by atoms with Crippen LogP contribution in [0.25, 0.3) is 0 Å². The second-order valence-electron chi connectivity index (χ2n) is 4.28. The molecule has 2 heterocycles. The first kappa shape index (κ1) is 13.8. The second kappa shape index (κ2) is 6.01. The molecule has 0 radical (unpaired) electrons. The number of pyridine rings is 2. The zero-order chi connectivity index (χ0) is 14.5. The van der Waals surface area contributed by atoms with Crippen molar-refractivity contribution in [2.45, 2.75) is 13.0 Å². The van der Waals surface area contributed by atoms with Crippen molar-refractivity contribution in [3.8, 4) is 0 Å². The van der Waals surface area contributed by atoms with Gasteiger partial charge < -0.3 is 15.8 Å². The van der Waals surface area contributed by atoms with Crippen LogP contribution < -0.4 is 11.1 Å². The third kappa shape index (κ3) is 3.03. The molecule has 0 aliphatic carbocycles. The Kier molecular flexibility index (Phi) is 4.14. The summed E-state index contributed by atoms with van der Waals surface area (Å²) in [6.07, 6.45) is 3.20. The van der Waals surface area contributed by atoms with Crippen LogP contribution in [-0.2, 0) is 4.74 Å². The van der Waals surface area contributed by atoms with Crippen LogP contribution in [0.1, 0.15) is 29.0 Å². The van der Waals surface area contributed by atoms with Gasteiger partial charge in [0.15, 0.2) is 0 Å². The maximum Gasteiger partial charge on any atom is 0.341 e. The molecule has 104 valence electrons. The molecular formula is C14H16N4O2. The van der Waals surface area contributed by atoms with Crippen molar-refractivity contribution < 1.29 is 9.53 Å². The van der Waals surface area contributed by atoms with E-state index in [2.05, 4.69) is 15.3 Å². The van der Waals surface area contributed by atoms with E-state index in [9.17, 15) is 4.79 Å². The normalized spacial score (nSPS) is 11.7. The molecule has 0 spiro atoms. The Morgan fingerprint density at radius 2 is 2.20 bits per heavy atom. The Morgan fingerprint density at radius 1 is 1.40 bits per heavy atom. The Labute approximate surface area is 117 Å². The van der Waals surface area contributed by atoms with Crippen LogP contribution in [-0.4, -0.2) is 23.0 Å². The van der Waals surface area contributed by atoms with Crippen molar-refractivity contribution in [2.24, 2.45) is 0 Å². The van der Waals surface area contributed by atoms with Gasteiger partial charge in [0, 0.05) is 6.20 Å². The highest BCUT2D eigenvalue weighted by Crippen LogP contribution is 2.21. The lowest BCUT2D eigenvalue weighted by Gasteiger charge is -2.16. The van der Waals surface area contributed by atoms with E-state index in [-0.39, 0.29) is 6.04 Å². The summed E-state index contributed by atoms with van der Waals surface area (Å²) in [6.45, 7) is 1.93. The van der Waals surface area contributed by atoms with Gasteiger partial charge in [0.25, 0.3) is 0 Å². The molecule has 0 saturated carbocycles. The van der Waals surface area contributed by atoms with Gasteiger partial charge in [-0.1, -0.05) is 6.07 Å². The average molecular weight is 272 g/mol. The first-order valence-electron chi connectivity index (χ1n) is 6.13. The quantitative estimate of drug-likeness (QED) is 0.827. The topological polar surface area (TPSA) is 90.1 Å². The molecule has 0 saturated heterocycles. The van der Waals surface area contributed by atoms with Crippen LogP contribution >= 0.6 is 0 Å². The van der Waals surface area contributed by atoms with Crippen LogP contribution in [0.5, 0.6) is 0 Å². The van der Waals surface area contributed by atoms with Gasteiger partial charge >= 0.3 is 5.97 Å². The Bertz CT molecular complexity index is 601. The number of nitrogen functional groups attached to an aromatic ring is 1. The Hall–Kier alpha value is -2.63. The number of rotatable bonds is 4. The molecule has 0 amide bonds. The van der Waals surface area contributed by atoms with E-state index in [1.807, 2.05) is 25.1 Å². The lowest BCUT2D eigenvalue weighted by molar-refractivity contribution is 0.0601. The van der Waals surface area contributed by atoms with E-state index in [0.29, 0.717) is 17.1 Å². The SMILES string of the molecule is COC(=O)c1cc(N)cnc1NC(C)c1ccccn1. The van der Waals surface area contributed by atoms with Crippen LogP contribution in [0.4, 0.5) is 11.5 Å². The van der Waals surface area contributed by atoms with Crippen molar-refractivity contribution in [1.82, 2.24) is 9.97 Å². The highest BCUT2D eigenvalue weighted by molar-refractivity contribution is 5.95. The van der Waals surface area contributed by atoms with Crippen LogP contribution in [0.15, 0.2) is 36.7 Å². The molecule has 2 rings (SSSR count). The predicted octanol–water partition coefficient (Wildman–Crippen LogP) is 2.02. The standard InChI is InChI=1S/C14H16N4O2/c1-9(12-5-3-4-6-16-12)18-13-11(14(19)20-2)7-10(15)8-17-13/h3-9H,15H2,1-2H3,(H,17,18). The summed E-state index contributed by atoms with van der Waals surface area (Å²) in [4.78, 5) is 20.1. The summed E-state index contributed by atoms with van der Waals surface area (Å²) < 4.78 is 4.73. The summed E-state index contributed by atoms with van der Waals surface area (Å²) in [5.41, 5.74) is 7.21. The largest absolute Gasteiger partial charge is 0.465 e. The van der Waals surface area contributed by atoms with Gasteiger partial charge in [-0.05, 0) is 25.1 Å². The zero-order valence-electron chi connectivity index (χ0n) is 11.3. The predicted molar refractivity (Wildman–Crippen MR) is 76.3 cm³/mol. The number of carbonyl (C=O) groups excluding carboxylic acids is 1. The number of anilines is 2. The molecule has 3 N–H and O–H groups in total. The van der Waals surface area contributed by atoms with E-state index in [0.717, 1.165) is 5.69 Å². The second-order valence-corrected chi connectivity index (χ2v) is 4.28. The van der Waals surface area contributed by atoms with Gasteiger partial charge in [0.1, 0.15) is 11.4 Å². The van der Waals surface area contributed by atoms with Crippen molar-refractivity contribution in [3.05, 3.63) is 47.9 Å². The van der Waals surface area contributed by atoms with Crippen LogP contribution in [0.2, 0.25) is 0 Å². The Balaban J connectivity index is 2.27. The molecule has 0 fully saturated rings. The zero-order valence-corrected chi connectivity index (χ0v) is 11.3. The van der Waals surface area contributed by atoms with E-state index >= 15 is 0 Å². The number of nitrogens with two attached hydrogens (primary N) is 1.